The van der Waals surface area contributed by atoms with Crippen molar-refractivity contribution in [1.82, 2.24) is 4.98 Å². The molecule has 1 fully saturated rings. The first-order valence-corrected chi connectivity index (χ1v) is 11.7. The molecule has 0 amide bonds. The molecule has 1 atom stereocenters. The summed E-state index contributed by atoms with van der Waals surface area (Å²) in [5, 5.41) is 23.9. The van der Waals surface area contributed by atoms with Gasteiger partial charge in [0, 0.05) is 11.3 Å². The highest BCUT2D eigenvalue weighted by atomic mass is 32.1. The van der Waals surface area contributed by atoms with Crippen LogP contribution < -0.4 is 4.74 Å². The number of carboxylic acids is 1. The fourth-order valence-corrected chi connectivity index (χ4v) is 5.02. The molecule has 166 valence electrons. The Morgan fingerprint density at radius 3 is 2.66 bits per heavy atom. The summed E-state index contributed by atoms with van der Waals surface area (Å²) < 4.78 is 5.85. The molecule has 3 aromatic rings. The molecular formula is C25H26N2O4S. The van der Waals surface area contributed by atoms with Gasteiger partial charge in [0.1, 0.15) is 12.4 Å². The molecule has 6 nitrogen and oxygen atoms in total. The van der Waals surface area contributed by atoms with E-state index in [1.54, 1.807) is 35.0 Å². The molecule has 0 bridgehead atoms. The zero-order valence-corrected chi connectivity index (χ0v) is 18.5. The molecule has 0 radical (unpaired) electrons. The fourth-order valence-electron chi connectivity index (χ4n) is 4.47. The molecule has 2 aromatic carbocycles. The van der Waals surface area contributed by atoms with Crippen LogP contribution in [0.4, 0.5) is 0 Å². The van der Waals surface area contributed by atoms with Gasteiger partial charge in [0.05, 0.1) is 23.0 Å². The summed E-state index contributed by atoms with van der Waals surface area (Å²) in [6.45, 7) is 0.423. The van der Waals surface area contributed by atoms with Gasteiger partial charge in [-0.15, -0.1) is 11.3 Å². The molecule has 7 heteroatoms. The Bertz CT molecular complexity index is 1060. The average Bonchev–Trinajstić information content (AvgIpc) is 3.51. The third kappa shape index (κ3) is 5.34. The molecule has 0 spiro atoms. The van der Waals surface area contributed by atoms with Gasteiger partial charge in [-0.1, -0.05) is 49.0 Å². The SMILES string of the molecule is O=C(O)c1ccc(C=NO)c(C(CC2CCCC2)c2ccc(OCc3cscn3)cc2)c1. The van der Waals surface area contributed by atoms with E-state index in [9.17, 15) is 9.90 Å². The number of carboxylic acid groups (broad SMARTS) is 1. The van der Waals surface area contributed by atoms with Crippen LogP contribution in [0.25, 0.3) is 0 Å². The van der Waals surface area contributed by atoms with Gasteiger partial charge in [-0.2, -0.15) is 0 Å². The summed E-state index contributed by atoms with van der Waals surface area (Å²) in [6, 6.07) is 13.0. The molecule has 1 heterocycles. The summed E-state index contributed by atoms with van der Waals surface area (Å²) >= 11 is 1.54. The molecule has 1 aliphatic carbocycles. The van der Waals surface area contributed by atoms with E-state index in [4.69, 9.17) is 9.94 Å². The zero-order valence-electron chi connectivity index (χ0n) is 17.7. The molecular weight excluding hydrogens is 424 g/mol. The van der Waals surface area contributed by atoms with Crippen LogP contribution in [-0.2, 0) is 6.61 Å². The summed E-state index contributed by atoms with van der Waals surface area (Å²) in [4.78, 5) is 15.9. The van der Waals surface area contributed by atoms with Crippen LogP contribution in [0.3, 0.4) is 0 Å². The molecule has 2 N–H and O–H groups in total. The maximum absolute atomic E-state index is 11.6. The van der Waals surface area contributed by atoms with Crippen LogP contribution in [0, 0.1) is 5.92 Å². The number of carbonyl (C=O) groups is 1. The normalized spacial score (nSPS) is 15.2. The molecule has 1 unspecified atom stereocenters. The molecule has 1 saturated carbocycles. The lowest BCUT2D eigenvalue weighted by atomic mass is 9.80. The van der Waals surface area contributed by atoms with E-state index in [-0.39, 0.29) is 11.5 Å². The molecule has 1 aliphatic rings. The van der Waals surface area contributed by atoms with Crippen molar-refractivity contribution in [3.63, 3.8) is 0 Å². The van der Waals surface area contributed by atoms with Crippen LogP contribution >= 0.6 is 11.3 Å². The first kappa shape index (κ1) is 22.0. The summed E-state index contributed by atoms with van der Waals surface area (Å²) in [5.41, 5.74) is 5.60. The second-order valence-corrected chi connectivity index (χ2v) is 8.89. The number of ether oxygens (including phenoxy) is 1. The monoisotopic (exact) mass is 450 g/mol. The van der Waals surface area contributed by atoms with Crippen molar-refractivity contribution >= 4 is 23.5 Å². The van der Waals surface area contributed by atoms with Gasteiger partial charge >= 0.3 is 5.97 Å². The van der Waals surface area contributed by atoms with Gasteiger partial charge in [-0.3, -0.25) is 0 Å². The summed E-state index contributed by atoms with van der Waals surface area (Å²) in [7, 11) is 0. The third-order valence-electron chi connectivity index (χ3n) is 6.10. The van der Waals surface area contributed by atoms with E-state index in [0.717, 1.165) is 34.6 Å². The van der Waals surface area contributed by atoms with Crippen molar-refractivity contribution in [2.45, 2.75) is 44.6 Å². The van der Waals surface area contributed by atoms with E-state index in [1.165, 1.54) is 31.9 Å². The fraction of sp³-hybridized carbons (Fsp3) is 0.320. The minimum atomic E-state index is -0.968. The maximum Gasteiger partial charge on any atom is 0.335 e. The number of hydrogen-bond donors (Lipinski definition) is 2. The Morgan fingerprint density at radius 1 is 1.22 bits per heavy atom. The maximum atomic E-state index is 11.6. The highest BCUT2D eigenvalue weighted by Gasteiger charge is 2.25. The number of aromatic nitrogens is 1. The summed E-state index contributed by atoms with van der Waals surface area (Å²) in [6.07, 6.45) is 7.16. The smallest absolute Gasteiger partial charge is 0.335 e. The van der Waals surface area contributed by atoms with E-state index in [2.05, 4.69) is 10.1 Å². The molecule has 32 heavy (non-hydrogen) atoms. The average molecular weight is 451 g/mol. The van der Waals surface area contributed by atoms with Crippen molar-refractivity contribution in [3.05, 3.63) is 81.3 Å². The van der Waals surface area contributed by atoms with Crippen molar-refractivity contribution in [3.8, 4) is 5.75 Å². The van der Waals surface area contributed by atoms with Gasteiger partial charge in [0.25, 0.3) is 0 Å². The minimum Gasteiger partial charge on any atom is -0.487 e. The number of thiazole rings is 1. The predicted octanol–water partition coefficient (Wildman–Crippen LogP) is 5.94. The Kier molecular flexibility index (Phi) is 7.17. The number of oxime groups is 1. The Balaban J connectivity index is 1.64. The van der Waals surface area contributed by atoms with Crippen molar-refractivity contribution < 1.29 is 19.8 Å². The Morgan fingerprint density at radius 2 is 2.00 bits per heavy atom. The van der Waals surface area contributed by atoms with E-state index >= 15 is 0 Å². The molecule has 0 aliphatic heterocycles. The van der Waals surface area contributed by atoms with Crippen molar-refractivity contribution in [2.24, 2.45) is 11.1 Å². The van der Waals surface area contributed by atoms with Gasteiger partial charge in [0.15, 0.2) is 0 Å². The van der Waals surface area contributed by atoms with Crippen LogP contribution in [0.2, 0.25) is 0 Å². The Hall–Kier alpha value is -3.19. The van der Waals surface area contributed by atoms with Gasteiger partial charge in [0.2, 0.25) is 0 Å². The number of aromatic carboxylic acids is 1. The van der Waals surface area contributed by atoms with E-state index in [0.29, 0.717) is 12.5 Å². The Labute approximate surface area is 191 Å². The number of nitrogens with zero attached hydrogens (tertiary/aromatic N) is 2. The van der Waals surface area contributed by atoms with Gasteiger partial charge in [-0.05, 0) is 53.3 Å². The lowest BCUT2D eigenvalue weighted by Gasteiger charge is -2.24. The van der Waals surface area contributed by atoms with E-state index in [1.807, 2.05) is 29.6 Å². The largest absolute Gasteiger partial charge is 0.487 e. The minimum absolute atomic E-state index is 0.00186. The molecule has 1 aromatic heterocycles. The van der Waals surface area contributed by atoms with Gasteiger partial charge in [-0.25, -0.2) is 9.78 Å². The van der Waals surface area contributed by atoms with E-state index < -0.39 is 5.97 Å². The second-order valence-electron chi connectivity index (χ2n) is 8.17. The topological polar surface area (TPSA) is 92.0 Å². The number of benzene rings is 2. The lowest BCUT2D eigenvalue weighted by molar-refractivity contribution is 0.0696. The zero-order chi connectivity index (χ0) is 22.3. The predicted molar refractivity (Wildman–Crippen MR) is 124 cm³/mol. The number of hydrogen-bond acceptors (Lipinski definition) is 6. The summed E-state index contributed by atoms with van der Waals surface area (Å²) in [5.74, 6) is 0.382. The highest BCUT2D eigenvalue weighted by molar-refractivity contribution is 7.07. The molecule has 0 saturated heterocycles. The van der Waals surface area contributed by atoms with Crippen LogP contribution in [0.1, 0.15) is 70.8 Å². The first-order chi connectivity index (χ1) is 15.6. The number of rotatable bonds is 9. The quantitative estimate of drug-likeness (QED) is 0.239. The third-order valence-corrected chi connectivity index (χ3v) is 6.74. The van der Waals surface area contributed by atoms with Crippen molar-refractivity contribution in [1.29, 1.82) is 0 Å². The van der Waals surface area contributed by atoms with Crippen molar-refractivity contribution in [2.75, 3.05) is 0 Å². The lowest BCUT2D eigenvalue weighted by Crippen LogP contribution is -2.11. The second kappa shape index (κ2) is 10.4. The molecule has 4 rings (SSSR count). The van der Waals surface area contributed by atoms with Crippen LogP contribution in [0.15, 0.2) is 58.5 Å². The van der Waals surface area contributed by atoms with Crippen LogP contribution in [0.5, 0.6) is 5.75 Å². The van der Waals surface area contributed by atoms with Gasteiger partial charge < -0.3 is 15.1 Å². The first-order valence-electron chi connectivity index (χ1n) is 10.8. The highest BCUT2D eigenvalue weighted by Crippen LogP contribution is 2.39. The standard InChI is InChI=1S/C25H26N2O4S/c28-25(29)19-5-6-20(13-27-30)24(12-19)23(11-17-3-1-2-4-17)18-7-9-22(10-8-18)31-14-21-15-32-16-26-21/h5-10,12-13,15-17,23,30H,1-4,11,14H2,(H,28,29). The van der Waals surface area contributed by atoms with Crippen LogP contribution in [-0.4, -0.2) is 27.5 Å².